The highest BCUT2D eigenvalue weighted by Gasteiger charge is 2.16. The van der Waals surface area contributed by atoms with Gasteiger partial charge in [-0.2, -0.15) is 0 Å². The van der Waals surface area contributed by atoms with E-state index in [2.05, 4.69) is 16.9 Å². The van der Waals surface area contributed by atoms with E-state index in [1.807, 2.05) is 18.2 Å². The van der Waals surface area contributed by atoms with Gasteiger partial charge >= 0.3 is 5.97 Å². The molecule has 0 atom stereocenters. The normalized spacial score (nSPS) is 10.6. The molecule has 0 bridgehead atoms. The summed E-state index contributed by atoms with van der Waals surface area (Å²) in [7, 11) is 0. The number of benzene rings is 2. The second kappa shape index (κ2) is 9.34. The quantitative estimate of drug-likeness (QED) is 0.346. The van der Waals surface area contributed by atoms with Crippen LogP contribution >= 0.6 is 11.8 Å². The van der Waals surface area contributed by atoms with E-state index in [-0.39, 0.29) is 5.56 Å². The Morgan fingerprint density at radius 2 is 2.03 bits per heavy atom. The zero-order chi connectivity index (χ0) is 20.8. The number of nitrogens with zero attached hydrogens (tertiary/aromatic N) is 1. The number of amides is 1. The van der Waals surface area contributed by atoms with Gasteiger partial charge in [-0.05, 0) is 37.3 Å². The summed E-state index contributed by atoms with van der Waals surface area (Å²) in [6.45, 7) is 4.89. The van der Waals surface area contributed by atoms with Crippen molar-refractivity contribution in [1.29, 1.82) is 0 Å². The molecule has 0 unspecified atom stereocenters. The number of rotatable bonds is 7. The summed E-state index contributed by atoms with van der Waals surface area (Å²) >= 11 is 1.54. The lowest BCUT2D eigenvalue weighted by molar-refractivity contribution is -0.119. The van der Waals surface area contributed by atoms with E-state index >= 15 is 0 Å². The molecule has 0 aliphatic carbocycles. The van der Waals surface area contributed by atoms with Crippen molar-refractivity contribution < 1.29 is 18.7 Å². The minimum absolute atomic E-state index is 0.235. The largest absolute Gasteiger partial charge is 0.452 e. The van der Waals surface area contributed by atoms with Gasteiger partial charge in [-0.1, -0.05) is 18.2 Å². The molecule has 0 saturated carbocycles. The third-order valence-corrected chi connectivity index (χ3v) is 5.11. The van der Waals surface area contributed by atoms with Crippen LogP contribution in [0.3, 0.4) is 0 Å². The molecule has 1 heterocycles. The van der Waals surface area contributed by atoms with E-state index in [9.17, 15) is 14.0 Å². The van der Waals surface area contributed by atoms with E-state index in [1.165, 1.54) is 23.9 Å². The van der Waals surface area contributed by atoms with Crippen molar-refractivity contribution in [2.45, 2.75) is 11.8 Å². The first-order chi connectivity index (χ1) is 14.0. The topological polar surface area (TPSA) is 68.3 Å². The Kier molecular flexibility index (Phi) is 6.61. The highest BCUT2D eigenvalue weighted by Crippen LogP contribution is 2.27. The van der Waals surface area contributed by atoms with E-state index in [0.29, 0.717) is 28.0 Å². The molecule has 0 aliphatic rings. The second-order valence-corrected chi connectivity index (χ2v) is 7.24. The van der Waals surface area contributed by atoms with E-state index in [0.717, 1.165) is 4.90 Å². The Labute approximate surface area is 172 Å². The van der Waals surface area contributed by atoms with E-state index < -0.39 is 24.3 Å². The van der Waals surface area contributed by atoms with Crippen LogP contribution in [-0.4, -0.2) is 29.2 Å². The molecule has 5 nitrogen and oxygen atoms in total. The van der Waals surface area contributed by atoms with Crippen molar-refractivity contribution >= 4 is 40.2 Å². The lowest BCUT2D eigenvalue weighted by atomic mass is 10.1. The number of esters is 1. The summed E-state index contributed by atoms with van der Waals surface area (Å²) in [4.78, 5) is 29.8. The maximum atomic E-state index is 13.3. The molecule has 0 radical (unpaired) electrons. The van der Waals surface area contributed by atoms with Crippen molar-refractivity contribution in [2.24, 2.45) is 0 Å². The number of anilines is 1. The lowest BCUT2D eigenvalue weighted by Crippen LogP contribution is -2.21. The van der Waals surface area contributed by atoms with Crippen LogP contribution in [0.2, 0.25) is 0 Å². The first-order valence-electron chi connectivity index (χ1n) is 8.84. The number of hydrogen-bond donors (Lipinski definition) is 1. The first-order valence-corrected chi connectivity index (χ1v) is 9.83. The average Bonchev–Trinajstić information content (AvgIpc) is 2.70. The SMILES string of the molecule is C=CCSc1ccccc1NC(=O)COC(=O)c1cc2ccc(F)cc2nc1C. The number of nitrogens with one attached hydrogen (secondary N) is 1. The fraction of sp³-hybridized carbons (Fsp3) is 0.136. The summed E-state index contributed by atoms with van der Waals surface area (Å²) < 4.78 is 18.5. The number of aromatic nitrogens is 1. The fourth-order valence-electron chi connectivity index (χ4n) is 2.68. The molecule has 3 rings (SSSR count). The summed E-state index contributed by atoms with van der Waals surface area (Å²) in [5, 5.41) is 3.36. The fourth-order valence-corrected chi connectivity index (χ4v) is 3.43. The van der Waals surface area contributed by atoms with Gasteiger partial charge in [0.1, 0.15) is 5.82 Å². The van der Waals surface area contributed by atoms with Gasteiger partial charge in [0.15, 0.2) is 6.61 Å². The van der Waals surface area contributed by atoms with Gasteiger partial charge < -0.3 is 10.1 Å². The first kappa shape index (κ1) is 20.5. The van der Waals surface area contributed by atoms with Gasteiger partial charge in [0.25, 0.3) is 5.91 Å². The van der Waals surface area contributed by atoms with Crippen LogP contribution in [0.1, 0.15) is 16.1 Å². The maximum Gasteiger partial charge on any atom is 0.340 e. The number of ether oxygens (including phenoxy) is 1. The number of fused-ring (bicyclic) bond motifs is 1. The van der Waals surface area contributed by atoms with Crippen LogP contribution in [-0.2, 0) is 9.53 Å². The number of thioether (sulfide) groups is 1. The molecule has 1 aromatic heterocycles. The van der Waals surface area contributed by atoms with Crippen LogP contribution in [0.4, 0.5) is 10.1 Å². The average molecular weight is 410 g/mol. The van der Waals surface area contributed by atoms with Crippen molar-refractivity contribution in [3.63, 3.8) is 0 Å². The number of hydrogen-bond acceptors (Lipinski definition) is 5. The van der Waals surface area contributed by atoms with E-state index in [4.69, 9.17) is 4.74 Å². The lowest BCUT2D eigenvalue weighted by Gasteiger charge is -2.11. The highest BCUT2D eigenvalue weighted by atomic mass is 32.2. The van der Waals surface area contributed by atoms with Crippen LogP contribution in [0.25, 0.3) is 10.9 Å². The molecule has 0 saturated heterocycles. The highest BCUT2D eigenvalue weighted by molar-refractivity contribution is 7.99. The Hall–Kier alpha value is -3.19. The molecule has 2 aromatic carbocycles. The van der Waals surface area contributed by atoms with Crippen molar-refractivity contribution in [3.8, 4) is 0 Å². The Morgan fingerprint density at radius 3 is 2.83 bits per heavy atom. The summed E-state index contributed by atoms with van der Waals surface area (Å²) in [6, 6.07) is 13.1. The molecular weight excluding hydrogens is 391 g/mol. The summed E-state index contributed by atoms with van der Waals surface area (Å²) in [6.07, 6.45) is 1.78. The molecule has 0 spiro atoms. The van der Waals surface area contributed by atoms with Crippen molar-refractivity contribution in [3.05, 3.63) is 78.3 Å². The molecule has 3 aromatic rings. The van der Waals surface area contributed by atoms with Crippen LogP contribution in [0.15, 0.2) is 66.1 Å². The maximum absolute atomic E-state index is 13.3. The zero-order valence-corrected chi connectivity index (χ0v) is 16.6. The Bertz CT molecular complexity index is 1080. The number of para-hydroxylation sites is 1. The molecule has 148 valence electrons. The van der Waals surface area contributed by atoms with Gasteiger partial charge in [0.2, 0.25) is 0 Å². The van der Waals surface area contributed by atoms with Crippen LogP contribution in [0, 0.1) is 12.7 Å². The van der Waals surface area contributed by atoms with Crippen molar-refractivity contribution in [1.82, 2.24) is 4.98 Å². The zero-order valence-electron chi connectivity index (χ0n) is 15.8. The number of aryl methyl sites for hydroxylation is 1. The molecule has 29 heavy (non-hydrogen) atoms. The number of pyridine rings is 1. The minimum Gasteiger partial charge on any atom is -0.452 e. The van der Waals surface area contributed by atoms with Crippen molar-refractivity contribution in [2.75, 3.05) is 17.7 Å². The second-order valence-electron chi connectivity index (χ2n) is 6.18. The van der Waals surface area contributed by atoms with Crippen LogP contribution < -0.4 is 5.32 Å². The molecule has 1 N–H and O–H groups in total. The van der Waals surface area contributed by atoms with Gasteiger partial charge in [-0.15, -0.1) is 18.3 Å². The van der Waals surface area contributed by atoms with Gasteiger partial charge in [-0.3, -0.25) is 9.78 Å². The summed E-state index contributed by atoms with van der Waals surface area (Å²) in [5.74, 6) is -0.799. The molecule has 1 amide bonds. The third kappa shape index (κ3) is 5.20. The molecular formula is C22H19FN2O3S. The Balaban J connectivity index is 1.66. The Morgan fingerprint density at radius 1 is 1.24 bits per heavy atom. The van der Waals surface area contributed by atoms with Gasteiger partial charge in [-0.25, -0.2) is 9.18 Å². The van der Waals surface area contributed by atoms with Crippen LogP contribution in [0.5, 0.6) is 0 Å². The molecule has 0 fully saturated rings. The number of carbonyl (C=O) groups excluding carboxylic acids is 2. The van der Waals surface area contributed by atoms with Gasteiger partial charge in [0, 0.05) is 22.1 Å². The van der Waals surface area contributed by atoms with E-state index in [1.54, 1.807) is 31.2 Å². The summed E-state index contributed by atoms with van der Waals surface area (Å²) in [5.41, 5.74) is 1.73. The monoisotopic (exact) mass is 410 g/mol. The third-order valence-electron chi connectivity index (χ3n) is 4.04. The standard InChI is InChI=1S/C22H19FN2O3S/c1-3-10-29-20-7-5-4-6-18(20)25-21(26)13-28-22(27)17-11-15-8-9-16(23)12-19(15)24-14(17)2/h3-9,11-12H,1,10,13H2,2H3,(H,25,26). The number of carbonyl (C=O) groups is 2. The molecule has 0 aliphatic heterocycles. The van der Waals surface area contributed by atoms with Gasteiger partial charge in [0.05, 0.1) is 22.5 Å². The number of halogens is 1. The predicted octanol–water partition coefficient (Wildman–Crippen LogP) is 4.76. The molecule has 7 heteroatoms. The minimum atomic E-state index is -0.661. The smallest absolute Gasteiger partial charge is 0.340 e. The predicted molar refractivity (Wildman–Crippen MR) is 113 cm³/mol.